The summed E-state index contributed by atoms with van der Waals surface area (Å²) in [5.41, 5.74) is 6.59. The van der Waals surface area contributed by atoms with E-state index >= 15 is 0 Å². The molecule has 12 heteroatoms. The molecule has 0 saturated heterocycles. The van der Waals surface area contributed by atoms with Crippen LogP contribution in [0.15, 0.2) is 49.1 Å². The number of primary amides is 1. The highest BCUT2D eigenvalue weighted by atomic mass is 19.4. The van der Waals surface area contributed by atoms with E-state index in [0.29, 0.717) is 45.3 Å². The predicted octanol–water partition coefficient (Wildman–Crippen LogP) is 4.65. The SMILES string of the molecule is CCNc1cc(F)cc2c1[nH]c1ncc(-c3cncc(C(N)=O)c3)c(-n3ccc(C(F)(F)F)n3)c12. The standard InChI is InChI=1S/C23H17F4N7O/c1-2-30-16-7-13(24)6-14-18-20(34-4-3-17(33-34)23(25,26)27)15(10-31-22(18)32-19(14)16)11-5-12(21(28)35)9-29-8-11/h3-10,30H,2H2,1H3,(H2,28,35)(H,31,32). The van der Waals surface area contributed by atoms with Gasteiger partial charge in [-0.15, -0.1) is 0 Å². The summed E-state index contributed by atoms with van der Waals surface area (Å²) >= 11 is 0. The Morgan fingerprint density at radius 2 is 2.00 bits per heavy atom. The lowest BCUT2D eigenvalue weighted by molar-refractivity contribution is -0.141. The van der Waals surface area contributed by atoms with Crippen molar-refractivity contribution in [3.8, 4) is 16.8 Å². The van der Waals surface area contributed by atoms with Crippen LogP contribution in [0.4, 0.5) is 23.2 Å². The Morgan fingerprint density at radius 1 is 1.20 bits per heavy atom. The van der Waals surface area contributed by atoms with Crippen molar-refractivity contribution in [3.05, 3.63) is 66.1 Å². The molecule has 0 bridgehead atoms. The number of carbonyl (C=O) groups is 1. The van der Waals surface area contributed by atoms with Crippen molar-refractivity contribution in [1.29, 1.82) is 0 Å². The number of fused-ring (bicyclic) bond motifs is 3. The fraction of sp³-hybridized carbons (Fsp3) is 0.130. The number of nitrogens with one attached hydrogen (secondary N) is 2. The third-order valence-electron chi connectivity index (χ3n) is 5.48. The summed E-state index contributed by atoms with van der Waals surface area (Å²) in [4.78, 5) is 23.3. The number of rotatable bonds is 5. The summed E-state index contributed by atoms with van der Waals surface area (Å²) < 4.78 is 55.7. The van der Waals surface area contributed by atoms with Crippen molar-refractivity contribution in [2.24, 2.45) is 5.73 Å². The second kappa shape index (κ2) is 8.08. The number of amides is 1. The average Bonchev–Trinajstić information content (AvgIpc) is 3.44. The van der Waals surface area contributed by atoms with E-state index in [4.69, 9.17) is 5.73 Å². The molecule has 4 N–H and O–H groups in total. The zero-order valence-electron chi connectivity index (χ0n) is 18.1. The van der Waals surface area contributed by atoms with Crippen molar-refractivity contribution in [2.75, 3.05) is 11.9 Å². The van der Waals surface area contributed by atoms with Gasteiger partial charge < -0.3 is 16.0 Å². The van der Waals surface area contributed by atoms with Gasteiger partial charge in [0.1, 0.15) is 11.5 Å². The molecule has 0 spiro atoms. The Labute approximate surface area is 194 Å². The quantitative estimate of drug-likeness (QED) is 0.315. The number of nitrogens with zero attached hydrogens (tertiary/aromatic N) is 4. The molecule has 0 unspecified atom stereocenters. The summed E-state index contributed by atoms with van der Waals surface area (Å²) in [7, 11) is 0. The molecular formula is C23H17F4N7O. The van der Waals surface area contributed by atoms with Crippen LogP contribution in [-0.2, 0) is 6.18 Å². The van der Waals surface area contributed by atoms with E-state index in [9.17, 15) is 22.4 Å². The molecule has 5 aromatic rings. The Balaban J connectivity index is 1.89. The average molecular weight is 483 g/mol. The number of benzene rings is 1. The van der Waals surface area contributed by atoms with Gasteiger partial charge in [-0.2, -0.15) is 18.3 Å². The van der Waals surface area contributed by atoms with E-state index in [2.05, 4.69) is 25.4 Å². The molecular weight excluding hydrogens is 466 g/mol. The van der Waals surface area contributed by atoms with Crippen LogP contribution in [0.2, 0.25) is 0 Å². The zero-order chi connectivity index (χ0) is 24.9. The number of aromatic amines is 1. The molecule has 35 heavy (non-hydrogen) atoms. The molecule has 8 nitrogen and oxygen atoms in total. The molecule has 1 amide bonds. The van der Waals surface area contributed by atoms with Gasteiger partial charge in [-0.3, -0.25) is 9.78 Å². The third kappa shape index (κ3) is 3.82. The smallest absolute Gasteiger partial charge is 0.384 e. The van der Waals surface area contributed by atoms with Crippen LogP contribution in [-0.4, -0.2) is 37.2 Å². The summed E-state index contributed by atoms with van der Waals surface area (Å²) in [6, 6.07) is 4.89. The molecule has 0 saturated carbocycles. The molecule has 0 fully saturated rings. The van der Waals surface area contributed by atoms with E-state index in [1.165, 1.54) is 36.8 Å². The van der Waals surface area contributed by atoms with Crippen LogP contribution < -0.4 is 11.1 Å². The molecule has 178 valence electrons. The number of pyridine rings is 2. The second-order valence-electron chi connectivity index (χ2n) is 7.75. The number of carbonyl (C=O) groups excluding carboxylic acids is 1. The Morgan fingerprint density at radius 3 is 2.69 bits per heavy atom. The minimum atomic E-state index is -4.67. The van der Waals surface area contributed by atoms with Crippen LogP contribution in [0, 0.1) is 5.82 Å². The van der Waals surface area contributed by atoms with E-state index < -0.39 is 23.6 Å². The lowest BCUT2D eigenvalue weighted by Gasteiger charge is -2.12. The Bertz CT molecular complexity index is 1600. The highest BCUT2D eigenvalue weighted by molar-refractivity contribution is 6.15. The van der Waals surface area contributed by atoms with Crippen molar-refractivity contribution >= 4 is 33.5 Å². The van der Waals surface area contributed by atoms with Crippen LogP contribution in [0.5, 0.6) is 0 Å². The van der Waals surface area contributed by atoms with Crippen LogP contribution in [0.3, 0.4) is 0 Å². The first kappa shape index (κ1) is 22.3. The molecule has 0 aliphatic carbocycles. The second-order valence-corrected chi connectivity index (χ2v) is 7.75. The van der Waals surface area contributed by atoms with Gasteiger partial charge in [-0.25, -0.2) is 14.1 Å². The summed E-state index contributed by atoms with van der Waals surface area (Å²) in [5.74, 6) is -1.27. The molecule has 0 atom stereocenters. The first-order chi connectivity index (χ1) is 16.7. The van der Waals surface area contributed by atoms with Gasteiger partial charge in [0, 0.05) is 47.8 Å². The van der Waals surface area contributed by atoms with Crippen LogP contribution in [0.1, 0.15) is 23.0 Å². The number of aromatic nitrogens is 5. The van der Waals surface area contributed by atoms with Crippen molar-refractivity contribution < 1.29 is 22.4 Å². The number of hydrogen-bond donors (Lipinski definition) is 3. The number of hydrogen-bond acceptors (Lipinski definition) is 5. The van der Waals surface area contributed by atoms with Gasteiger partial charge in [-0.1, -0.05) is 0 Å². The van der Waals surface area contributed by atoms with Gasteiger partial charge in [0.05, 0.1) is 27.8 Å². The summed E-state index contributed by atoms with van der Waals surface area (Å²) in [6.45, 7) is 2.36. The maximum absolute atomic E-state index is 14.6. The Hall–Kier alpha value is -4.48. The molecule has 4 heterocycles. The maximum Gasteiger partial charge on any atom is 0.435 e. The van der Waals surface area contributed by atoms with Crippen LogP contribution >= 0.6 is 0 Å². The summed E-state index contributed by atoms with van der Waals surface area (Å²) in [5, 5.41) is 7.55. The lowest BCUT2D eigenvalue weighted by Crippen LogP contribution is -2.11. The first-order valence-electron chi connectivity index (χ1n) is 10.4. The molecule has 0 radical (unpaired) electrons. The number of nitrogens with two attached hydrogens (primary N) is 1. The maximum atomic E-state index is 14.6. The van der Waals surface area contributed by atoms with E-state index in [1.807, 2.05) is 6.92 Å². The lowest BCUT2D eigenvalue weighted by atomic mass is 10.0. The fourth-order valence-electron chi connectivity index (χ4n) is 4.01. The minimum absolute atomic E-state index is 0.101. The van der Waals surface area contributed by atoms with Crippen molar-refractivity contribution in [1.82, 2.24) is 24.7 Å². The number of halogens is 4. The fourth-order valence-corrected chi connectivity index (χ4v) is 4.01. The number of alkyl halides is 3. The van der Waals surface area contributed by atoms with Crippen molar-refractivity contribution in [3.63, 3.8) is 0 Å². The van der Waals surface area contributed by atoms with E-state index in [1.54, 1.807) is 0 Å². The summed E-state index contributed by atoms with van der Waals surface area (Å²) in [6.07, 6.45) is 0.613. The van der Waals surface area contributed by atoms with E-state index in [-0.39, 0.29) is 11.3 Å². The zero-order valence-corrected chi connectivity index (χ0v) is 18.1. The molecule has 0 aliphatic rings. The van der Waals surface area contributed by atoms with Crippen LogP contribution in [0.25, 0.3) is 38.8 Å². The van der Waals surface area contributed by atoms with Gasteiger partial charge in [0.25, 0.3) is 0 Å². The minimum Gasteiger partial charge on any atom is -0.384 e. The molecule has 4 aromatic heterocycles. The third-order valence-corrected chi connectivity index (χ3v) is 5.48. The van der Waals surface area contributed by atoms with E-state index in [0.717, 1.165) is 16.9 Å². The topological polar surface area (TPSA) is 115 Å². The monoisotopic (exact) mass is 483 g/mol. The number of H-pyrrole nitrogens is 1. The van der Waals surface area contributed by atoms with Gasteiger partial charge in [-0.05, 0) is 31.2 Å². The van der Waals surface area contributed by atoms with Gasteiger partial charge in [0.15, 0.2) is 5.69 Å². The number of anilines is 1. The Kier molecular flexibility index (Phi) is 5.15. The van der Waals surface area contributed by atoms with Crippen molar-refractivity contribution in [2.45, 2.75) is 13.1 Å². The van der Waals surface area contributed by atoms with Gasteiger partial charge in [0.2, 0.25) is 5.91 Å². The normalized spacial score (nSPS) is 11.9. The highest BCUT2D eigenvalue weighted by Gasteiger charge is 2.34. The highest BCUT2D eigenvalue weighted by Crippen LogP contribution is 2.39. The molecule has 1 aromatic carbocycles. The molecule has 0 aliphatic heterocycles. The predicted molar refractivity (Wildman–Crippen MR) is 122 cm³/mol. The van der Waals surface area contributed by atoms with Gasteiger partial charge >= 0.3 is 6.18 Å². The largest absolute Gasteiger partial charge is 0.435 e. The molecule has 5 rings (SSSR count). The first-order valence-corrected chi connectivity index (χ1v) is 10.4.